The summed E-state index contributed by atoms with van der Waals surface area (Å²) in [6.07, 6.45) is -3.52. The van der Waals surface area contributed by atoms with Crippen LogP contribution in [0.25, 0.3) is 5.57 Å². The van der Waals surface area contributed by atoms with Crippen molar-refractivity contribution in [3.05, 3.63) is 71.5 Å². The summed E-state index contributed by atoms with van der Waals surface area (Å²) in [6.45, 7) is 0. The van der Waals surface area contributed by atoms with Crippen molar-refractivity contribution < 1.29 is 37.0 Å². The van der Waals surface area contributed by atoms with Crippen molar-refractivity contribution in [2.45, 2.75) is 11.8 Å². The Hall–Kier alpha value is -3.69. The van der Waals surface area contributed by atoms with E-state index in [0.717, 1.165) is 18.4 Å². The fourth-order valence-corrected chi connectivity index (χ4v) is 2.67. The molecule has 0 spiro atoms. The van der Waals surface area contributed by atoms with Crippen LogP contribution < -0.4 is 4.74 Å². The number of methoxy groups -OCH3 is 2. The van der Waals surface area contributed by atoms with Crippen LogP contribution in [0.5, 0.6) is 5.75 Å². The molecule has 0 bridgehead atoms. The normalized spacial score (nSPS) is 14.8. The molecule has 1 aliphatic rings. The zero-order valence-electron chi connectivity index (χ0n) is 15.8. The Labute approximate surface area is 168 Å². The summed E-state index contributed by atoms with van der Waals surface area (Å²) in [5.41, 5.74) is -2.52. The van der Waals surface area contributed by atoms with Gasteiger partial charge in [0.1, 0.15) is 11.3 Å². The van der Waals surface area contributed by atoms with E-state index in [-0.39, 0.29) is 28.0 Å². The van der Waals surface area contributed by atoms with Crippen molar-refractivity contribution in [3.63, 3.8) is 0 Å². The van der Waals surface area contributed by atoms with E-state index in [1.54, 1.807) is 12.1 Å². The highest BCUT2D eigenvalue weighted by Crippen LogP contribution is 2.52. The van der Waals surface area contributed by atoms with Crippen LogP contribution >= 0.6 is 0 Å². The van der Waals surface area contributed by atoms with Crippen LogP contribution in [-0.2, 0) is 19.9 Å². The minimum absolute atomic E-state index is 0.00173. The van der Waals surface area contributed by atoms with E-state index in [9.17, 15) is 22.8 Å². The van der Waals surface area contributed by atoms with Crippen LogP contribution in [0, 0.1) is 0 Å². The van der Waals surface area contributed by atoms with Gasteiger partial charge in [0, 0.05) is 11.1 Å². The Morgan fingerprint density at radius 3 is 2.17 bits per heavy atom. The number of esters is 2. The van der Waals surface area contributed by atoms with Gasteiger partial charge < -0.3 is 14.2 Å². The number of halogens is 3. The topological polar surface area (TPSA) is 86.5 Å². The molecule has 0 fully saturated rings. The number of ether oxygens (including phenoxy) is 3. The summed E-state index contributed by atoms with van der Waals surface area (Å²) in [5, 5.41) is 6.23. The first kappa shape index (κ1) is 21.0. The van der Waals surface area contributed by atoms with Gasteiger partial charge in [-0.1, -0.05) is 30.3 Å². The second kappa shape index (κ2) is 7.97. The molecule has 0 N–H and O–H groups in total. The van der Waals surface area contributed by atoms with Gasteiger partial charge in [0.05, 0.1) is 26.0 Å². The van der Waals surface area contributed by atoms with Crippen molar-refractivity contribution in [2.24, 2.45) is 10.2 Å². The molecule has 0 aliphatic carbocycles. The molecule has 30 heavy (non-hydrogen) atoms. The lowest BCUT2D eigenvalue weighted by molar-refractivity contribution is -0.166. The summed E-state index contributed by atoms with van der Waals surface area (Å²) in [6, 6.07) is 10.8. The number of hydrogen-bond donors (Lipinski definition) is 0. The largest absolute Gasteiger partial charge is 0.503 e. The number of carbonyl (C=O) groups is 2. The van der Waals surface area contributed by atoms with Crippen molar-refractivity contribution in [1.82, 2.24) is 0 Å². The van der Waals surface area contributed by atoms with E-state index in [4.69, 9.17) is 14.2 Å². The summed E-state index contributed by atoms with van der Waals surface area (Å²) in [5.74, 6) is -1.50. The molecule has 3 rings (SSSR count). The maximum Gasteiger partial charge on any atom is 0.442 e. The first-order chi connectivity index (χ1) is 14.2. The van der Waals surface area contributed by atoms with Gasteiger partial charge in [-0.2, -0.15) is 13.2 Å². The molecular weight excluding hydrogens is 405 g/mol. The molecule has 156 valence electrons. The van der Waals surface area contributed by atoms with Crippen LogP contribution in [0.15, 0.2) is 65.0 Å². The molecule has 2 aromatic carbocycles. The third kappa shape index (κ3) is 3.88. The lowest BCUT2D eigenvalue weighted by Gasteiger charge is -2.15. The third-order valence-corrected chi connectivity index (χ3v) is 4.24. The van der Waals surface area contributed by atoms with Crippen molar-refractivity contribution in [3.8, 4) is 5.75 Å². The average molecular weight is 420 g/mol. The standard InChI is InChI=1S/C20H15F3N2O5/c1-28-11-15(18(27)29-2)14-5-3-4-6-16(14)30-17(26)12-7-9-13(10-8-12)19(24-25-19)20(21,22)23/h3-11H,1-2H3. The Balaban J connectivity index is 1.84. The highest BCUT2D eigenvalue weighted by Gasteiger charge is 2.65. The minimum Gasteiger partial charge on any atom is -0.503 e. The van der Waals surface area contributed by atoms with Gasteiger partial charge in [0.2, 0.25) is 0 Å². The zero-order chi connectivity index (χ0) is 21.9. The fourth-order valence-electron chi connectivity index (χ4n) is 2.67. The number of para-hydroxylation sites is 1. The van der Waals surface area contributed by atoms with Gasteiger partial charge in [-0.15, -0.1) is 10.2 Å². The SMILES string of the molecule is COC=C(C(=O)OC)c1ccccc1OC(=O)c1ccc(C2(C(F)(F)F)N=N2)cc1. The smallest absolute Gasteiger partial charge is 0.442 e. The first-order valence-corrected chi connectivity index (χ1v) is 8.47. The molecule has 0 radical (unpaired) electrons. The van der Waals surface area contributed by atoms with E-state index in [1.807, 2.05) is 0 Å². The molecule has 0 saturated carbocycles. The fraction of sp³-hybridized carbons (Fsp3) is 0.200. The van der Waals surface area contributed by atoms with Crippen molar-refractivity contribution >= 4 is 17.5 Å². The van der Waals surface area contributed by atoms with E-state index >= 15 is 0 Å². The van der Waals surface area contributed by atoms with Gasteiger partial charge in [-0.3, -0.25) is 0 Å². The molecule has 0 amide bonds. The molecule has 2 aromatic rings. The Bertz CT molecular complexity index is 1020. The predicted octanol–water partition coefficient (Wildman–Crippen LogP) is 4.25. The predicted molar refractivity (Wildman–Crippen MR) is 97.4 cm³/mol. The molecule has 1 heterocycles. The van der Waals surface area contributed by atoms with E-state index < -0.39 is 23.8 Å². The van der Waals surface area contributed by atoms with Gasteiger partial charge in [-0.25, -0.2) is 9.59 Å². The van der Waals surface area contributed by atoms with Crippen LogP contribution in [-0.4, -0.2) is 32.3 Å². The number of carbonyl (C=O) groups excluding carboxylic acids is 2. The number of rotatable bonds is 6. The van der Waals surface area contributed by atoms with E-state index in [2.05, 4.69) is 10.2 Å². The second-order valence-corrected chi connectivity index (χ2v) is 6.09. The number of hydrogen-bond acceptors (Lipinski definition) is 7. The molecule has 10 heteroatoms. The van der Waals surface area contributed by atoms with Crippen LogP contribution in [0.2, 0.25) is 0 Å². The first-order valence-electron chi connectivity index (χ1n) is 8.47. The Kier molecular flexibility index (Phi) is 5.59. The van der Waals surface area contributed by atoms with Gasteiger partial charge in [0.15, 0.2) is 0 Å². The van der Waals surface area contributed by atoms with Crippen LogP contribution in [0.4, 0.5) is 13.2 Å². The maximum atomic E-state index is 13.1. The molecule has 1 aliphatic heterocycles. The van der Waals surface area contributed by atoms with E-state index in [1.165, 1.54) is 38.5 Å². The summed E-state index contributed by atoms with van der Waals surface area (Å²) >= 11 is 0. The van der Waals surface area contributed by atoms with Crippen molar-refractivity contribution in [1.29, 1.82) is 0 Å². The third-order valence-electron chi connectivity index (χ3n) is 4.24. The van der Waals surface area contributed by atoms with E-state index in [0.29, 0.717) is 0 Å². The highest BCUT2D eigenvalue weighted by atomic mass is 19.4. The Morgan fingerprint density at radius 2 is 1.63 bits per heavy atom. The lowest BCUT2D eigenvalue weighted by Crippen LogP contribution is -2.30. The highest BCUT2D eigenvalue weighted by molar-refractivity contribution is 6.17. The summed E-state index contributed by atoms with van der Waals surface area (Å²) < 4.78 is 54.2. The molecular formula is C20H15F3N2O5. The number of alkyl halides is 3. The molecule has 0 aromatic heterocycles. The number of benzene rings is 2. The maximum absolute atomic E-state index is 13.1. The quantitative estimate of drug-likeness (QED) is 0.302. The van der Waals surface area contributed by atoms with Gasteiger partial charge in [-0.05, 0) is 18.2 Å². The molecule has 0 unspecified atom stereocenters. The minimum atomic E-state index is -4.66. The van der Waals surface area contributed by atoms with Crippen LogP contribution in [0.3, 0.4) is 0 Å². The summed E-state index contributed by atoms with van der Waals surface area (Å²) in [4.78, 5) is 24.5. The second-order valence-electron chi connectivity index (χ2n) is 6.09. The summed E-state index contributed by atoms with van der Waals surface area (Å²) in [7, 11) is 2.53. The molecule has 0 saturated heterocycles. The number of nitrogens with zero attached hydrogens (tertiary/aromatic N) is 2. The zero-order valence-corrected chi connectivity index (χ0v) is 15.8. The van der Waals surface area contributed by atoms with Crippen molar-refractivity contribution in [2.75, 3.05) is 14.2 Å². The lowest BCUT2D eigenvalue weighted by atomic mass is 10.0. The Morgan fingerprint density at radius 1 is 1.00 bits per heavy atom. The molecule has 7 nitrogen and oxygen atoms in total. The molecule has 0 atom stereocenters. The van der Waals surface area contributed by atoms with Crippen LogP contribution in [0.1, 0.15) is 21.5 Å². The average Bonchev–Trinajstić information content (AvgIpc) is 3.54. The van der Waals surface area contributed by atoms with Gasteiger partial charge in [0.25, 0.3) is 0 Å². The monoisotopic (exact) mass is 420 g/mol. The van der Waals surface area contributed by atoms with Gasteiger partial charge >= 0.3 is 23.8 Å².